The summed E-state index contributed by atoms with van der Waals surface area (Å²) in [5, 5.41) is 4.73. The lowest BCUT2D eigenvalue weighted by Crippen LogP contribution is -2.52. The van der Waals surface area contributed by atoms with Gasteiger partial charge in [0.15, 0.2) is 5.69 Å². The zero-order valence-electron chi connectivity index (χ0n) is 11.2. The molecule has 0 aromatic carbocycles. The molecule has 0 aliphatic carbocycles. The summed E-state index contributed by atoms with van der Waals surface area (Å²) in [5.41, 5.74) is 0.398. The zero-order valence-corrected chi connectivity index (χ0v) is 11.9. The largest absolute Gasteiger partial charge is 0.334 e. The second kappa shape index (κ2) is 5.13. The molecule has 3 rings (SSSR count). The van der Waals surface area contributed by atoms with E-state index in [4.69, 9.17) is 11.6 Å². The summed E-state index contributed by atoms with van der Waals surface area (Å²) in [7, 11) is 0. The Morgan fingerprint density at radius 1 is 1.47 bits per heavy atom. The number of carbonyl (C=O) groups excluding carboxylic acids is 1. The fourth-order valence-electron chi connectivity index (χ4n) is 3.03. The Bertz CT molecular complexity index is 487. The standard InChI is InChI=1S/C13H19ClN4O/c1-2-18-9-11(14)12(15-18)13(19)17-7-6-16-5-3-4-10(16)8-17/h9-10H,2-8H2,1H3/t10-/m1/s1. The maximum atomic E-state index is 12.5. The first-order chi connectivity index (χ1) is 9.19. The highest BCUT2D eigenvalue weighted by Crippen LogP contribution is 2.23. The van der Waals surface area contributed by atoms with Gasteiger partial charge in [-0.3, -0.25) is 14.4 Å². The van der Waals surface area contributed by atoms with Gasteiger partial charge in [0.1, 0.15) is 0 Å². The maximum absolute atomic E-state index is 12.5. The number of fused-ring (bicyclic) bond motifs is 1. The number of hydrogen-bond acceptors (Lipinski definition) is 3. The van der Waals surface area contributed by atoms with Gasteiger partial charge in [0, 0.05) is 38.4 Å². The quantitative estimate of drug-likeness (QED) is 0.825. The normalized spacial score (nSPS) is 23.7. The maximum Gasteiger partial charge on any atom is 0.276 e. The first-order valence-electron chi connectivity index (χ1n) is 6.95. The van der Waals surface area contributed by atoms with Crippen LogP contribution in [0.2, 0.25) is 5.02 Å². The minimum absolute atomic E-state index is 0.0243. The van der Waals surface area contributed by atoms with E-state index in [0.29, 0.717) is 16.8 Å². The number of piperazine rings is 1. The Kier molecular flexibility index (Phi) is 3.50. The van der Waals surface area contributed by atoms with Crippen molar-refractivity contribution in [2.24, 2.45) is 0 Å². The minimum Gasteiger partial charge on any atom is -0.334 e. The van der Waals surface area contributed by atoms with E-state index in [1.807, 2.05) is 11.8 Å². The molecule has 2 aliphatic rings. The number of aryl methyl sites for hydroxylation is 1. The molecule has 1 aromatic rings. The molecule has 0 N–H and O–H groups in total. The molecule has 0 radical (unpaired) electrons. The van der Waals surface area contributed by atoms with Crippen molar-refractivity contribution in [1.82, 2.24) is 19.6 Å². The summed E-state index contributed by atoms with van der Waals surface area (Å²) in [6.45, 7) is 6.46. The van der Waals surface area contributed by atoms with Crippen molar-refractivity contribution in [3.8, 4) is 0 Å². The Balaban J connectivity index is 1.74. The summed E-state index contributed by atoms with van der Waals surface area (Å²) in [4.78, 5) is 16.9. The van der Waals surface area contributed by atoms with Gasteiger partial charge in [-0.25, -0.2) is 0 Å². The molecule has 0 unspecified atom stereocenters. The SMILES string of the molecule is CCn1cc(Cl)c(C(=O)N2CCN3CCC[C@@H]3C2)n1. The van der Waals surface area contributed by atoms with Crippen LogP contribution in [0.15, 0.2) is 6.20 Å². The fraction of sp³-hybridized carbons (Fsp3) is 0.692. The van der Waals surface area contributed by atoms with E-state index in [1.54, 1.807) is 10.9 Å². The lowest BCUT2D eigenvalue weighted by atomic mass is 10.1. The molecule has 0 spiro atoms. The van der Waals surface area contributed by atoms with Crippen LogP contribution in [-0.4, -0.2) is 57.7 Å². The third-order valence-corrected chi connectivity index (χ3v) is 4.39. The highest BCUT2D eigenvalue weighted by atomic mass is 35.5. The van der Waals surface area contributed by atoms with Gasteiger partial charge in [0.25, 0.3) is 5.91 Å². The van der Waals surface area contributed by atoms with Gasteiger partial charge in [-0.15, -0.1) is 0 Å². The average Bonchev–Trinajstić information content (AvgIpc) is 3.02. The topological polar surface area (TPSA) is 41.4 Å². The molecule has 2 fully saturated rings. The third kappa shape index (κ3) is 2.37. The molecule has 104 valence electrons. The molecule has 0 saturated carbocycles. The molecule has 5 nitrogen and oxygen atoms in total. The van der Waals surface area contributed by atoms with Crippen LogP contribution in [-0.2, 0) is 6.54 Å². The molecule has 19 heavy (non-hydrogen) atoms. The van der Waals surface area contributed by atoms with Crippen LogP contribution in [0.5, 0.6) is 0 Å². The molecule has 0 bridgehead atoms. The number of amides is 1. The minimum atomic E-state index is -0.0243. The molecule has 2 saturated heterocycles. The van der Waals surface area contributed by atoms with Crippen molar-refractivity contribution in [2.75, 3.05) is 26.2 Å². The summed E-state index contributed by atoms with van der Waals surface area (Å²) in [6.07, 6.45) is 4.17. The van der Waals surface area contributed by atoms with Gasteiger partial charge in [-0.2, -0.15) is 5.10 Å². The van der Waals surface area contributed by atoms with E-state index in [9.17, 15) is 4.79 Å². The lowest BCUT2D eigenvalue weighted by Gasteiger charge is -2.37. The molecule has 6 heteroatoms. The predicted octanol–water partition coefficient (Wildman–Crippen LogP) is 1.48. The van der Waals surface area contributed by atoms with E-state index < -0.39 is 0 Å². The van der Waals surface area contributed by atoms with Gasteiger partial charge >= 0.3 is 0 Å². The van der Waals surface area contributed by atoms with E-state index in [0.717, 1.165) is 26.2 Å². The van der Waals surface area contributed by atoms with Crippen LogP contribution >= 0.6 is 11.6 Å². The lowest BCUT2D eigenvalue weighted by molar-refractivity contribution is 0.0565. The second-order valence-electron chi connectivity index (χ2n) is 5.26. The van der Waals surface area contributed by atoms with E-state index in [1.165, 1.54) is 19.4 Å². The molecular formula is C13H19ClN4O. The van der Waals surface area contributed by atoms with Crippen LogP contribution in [0.4, 0.5) is 0 Å². The van der Waals surface area contributed by atoms with Gasteiger partial charge in [0.2, 0.25) is 0 Å². The molecule has 2 aliphatic heterocycles. The van der Waals surface area contributed by atoms with Crippen molar-refractivity contribution in [3.05, 3.63) is 16.9 Å². The van der Waals surface area contributed by atoms with Gasteiger partial charge in [-0.1, -0.05) is 11.6 Å². The number of aromatic nitrogens is 2. The zero-order chi connectivity index (χ0) is 13.4. The smallest absolute Gasteiger partial charge is 0.276 e. The predicted molar refractivity (Wildman–Crippen MR) is 73.4 cm³/mol. The highest BCUT2D eigenvalue weighted by molar-refractivity contribution is 6.33. The third-order valence-electron chi connectivity index (χ3n) is 4.12. The van der Waals surface area contributed by atoms with E-state index in [-0.39, 0.29) is 5.91 Å². The van der Waals surface area contributed by atoms with Crippen molar-refractivity contribution < 1.29 is 4.79 Å². The van der Waals surface area contributed by atoms with Crippen molar-refractivity contribution in [1.29, 1.82) is 0 Å². The average molecular weight is 283 g/mol. The molecular weight excluding hydrogens is 264 g/mol. The van der Waals surface area contributed by atoms with E-state index >= 15 is 0 Å². The highest BCUT2D eigenvalue weighted by Gasteiger charge is 2.34. The first kappa shape index (κ1) is 12.9. The Labute approximate surface area is 118 Å². The summed E-state index contributed by atoms with van der Waals surface area (Å²) in [5.74, 6) is -0.0243. The van der Waals surface area contributed by atoms with Crippen LogP contribution in [0, 0.1) is 0 Å². The fourth-order valence-corrected chi connectivity index (χ4v) is 3.26. The van der Waals surface area contributed by atoms with Gasteiger partial charge in [-0.05, 0) is 26.3 Å². The summed E-state index contributed by atoms with van der Waals surface area (Å²) >= 11 is 6.11. The summed E-state index contributed by atoms with van der Waals surface area (Å²) in [6, 6.07) is 0.532. The number of halogens is 1. The van der Waals surface area contributed by atoms with Gasteiger partial charge in [0.05, 0.1) is 5.02 Å². The first-order valence-corrected chi connectivity index (χ1v) is 7.33. The Morgan fingerprint density at radius 3 is 3.05 bits per heavy atom. The molecule has 1 aromatic heterocycles. The Morgan fingerprint density at radius 2 is 2.32 bits per heavy atom. The van der Waals surface area contributed by atoms with Crippen LogP contribution in [0.3, 0.4) is 0 Å². The van der Waals surface area contributed by atoms with Crippen molar-refractivity contribution in [2.45, 2.75) is 32.4 Å². The number of carbonyl (C=O) groups is 1. The Hall–Kier alpha value is -1.07. The number of rotatable bonds is 2. The number of hydrogen-bond donors (Lipinski definition) is 0. The summed E-state index contributed by atoms with van der Waals surface area (Å²) < 4.78 is 1.71. The van der Waals surface area contributed by atoms with Crippen molar-refractivity contribution >= 4 is 17.5 Å². The number of nitrogens with zero attached hydrogens (tertiary/aromatic N) is 4. The molecule has 1 amide bonds. The monoisotopic (exact) mass is 282 g/mol. The van der Waals surface area contributed by atoms with Crippen molar-refractivity contribution in [3.63, 3.8) is 0 Å². The van der Waals surface area contributed by atoms with E-state index in [2.05, 4.69) is 10.00 Å². The molecule has 3 heterocycles. The second-order valence-corrected chi connectivity index (χ2v) is 5.67. The van der Waals surface area contributed by atoms with Crippen LogP contribution in [0.25, 0.3) is 0 Å². The van der Waals surface area contributed by atoms with Crippen LogP contribution < -0.4 is 0 Å². The molecule has 1 atom stereocenters. The van der Waals surface area contributed by atoms with Crippen LogP contribution in [0.1, 0.15) is 30.3 Å². The van der Waals surface area contributed by atoms with Gasteiger partial charge < -0.3 is 4.90 Å².